The van der Waals surface area contributed by atoms with Crippen molar-refractivity contribution < 1.29 is 9.21 Å². The van der Waals surface area contributed by atoms with Gasteiger partial charge in [0.25, 0.3) is 11.9 Å². The Morgan fingerprint density at radius 3 is 3.03 bits per heavy atom. The number of aromatic nitrogens is 3. The molecule has 0 unspecified atom stereocenters. The summed E-state index contributed by atoms with van der Waals surface area (Å²) in [6.07, 6.45) is 5.56. The lowest BCUT2D eigenvalue weighted by molar-refractivity contribution is 0.0992. The summed E-state index contributed by atoms with van der Waals surface area (Å²) in [5.41, 5.74) is 9.82. The number of para-hydroxylation sites is 2. The van der Waals surface area contributed by atoms with E-state index < -0.39 is 5.91 Å². The fourth-order valence-electron chi connectivity index (χ4n) is 5.06. The first-order valence-electron chi connectivity index (χ1n) is 10.8. The number of fused-ring (bicyclic) bond motifs is 2. The van der Waals surface area contributed by atoms with Gasteiger partial charge < -0.3 is 15.5 Å². The van der Waals surface area contributed by atoms with Crippen LogP contribution in [0.5, 0.6) is 0 Å². The number of nitrogens with zero attached hydrogens (tertiary/aromatic N) is 4. The lowest BCUT2D eigenvalue weighted by Gasteiger charge is -2.35. The molecule has 1 aromatic carbocycles. The zero-order chi connectivity index (χ0) is 20.7. The summed E-state index contributed by atoms with van der Waals surface area (Å²) in [6, 6.07) is 8.84. The summed E-state index contributed by atoms with van der Waals surface area (Å²) in [5.74, 6) is 0.171. The van der Waals surface area contributed by atoms with E-state index in [0.717, 1.165) is 61.3 Å². The first-order chi connectivity index (χ1) is 14.6. The van der Waals surface area contributed by atoms with Gasteiger partial charge in [-0.2, -0.15) is 10.1 Å². The second-order valence-electron chi connectivity index (χ2n) is 8.61. The number of oxazole rings is 1. The highest BCUT2D eigenvalue weighted by Gasteiger charge is 2.29. The Bertz CT molecular complexity index is 1040. The van der Waals surface area contributed by atoms with Gasteiger partial charge in [-0.15, -0.1) is 0 Å². The molecule has 1 aliphatic heterocycles. The van der Waals surface area contributed by atoms with Gasteiger partial charge in [-0.1, -0.05) is 18.6 Å². The Morgan fingerprint density at radius 2 is 2.20 bits per heavy atom. The number of amides is 1. The third-order valence-corrected chi connectivity index (χ3v) is 6.48. The second-order valence-corrected chi connectivity index (χ2v) is 8.61. The lowest BCUT2D eigenvalue weighted by atomic mass is 9.85. The summed E-state index contributed by atoms with van der Waals surface area (Å²) in [6.45, 7) is 2.77. The third-order valence-electron chi connectivity index (χ3n) is 6.48. The second kappa shape index (κ2) is 7.75. The molecule has 1 saturated carbocycles. The monoisotopic (exact) mass is 408 g/mol. The summed E-state index contributed by atoms with van der Waals surface area (Å²) < 4.78 is 7.66. The molecule has 1 amide bonds. The topological polar surface area (TPSA) is 102 Å². The Kier molecular flexibility index (Phi) is 4.94. The normalized spacial score (nSPS) is 22.2. The zero-order valence-corrected chi connectivity index (χ0v) is 17.3. The maximum atomic E-state index is 11.8. The van der Waals surface area contributed by atoms with E-state index in [1.54, 1.807) is 0 Å². The number of hydrogen-bond donors (Lipinski definition) is 2. The highest BCUT2D eigenvalue weighted by atomic mass is 16.4. The molecule has 3 N–H and O–H groups in total. The van der Waals surface area contributed by atoms with Crippen LogP contribution < -0.4 is 11.1 Å². The molecule has 3 heterocycles. The van der Waals surface area contributed by atoms with Crippen LogP contribution in [0.2, 0.25) is 0 Å². The molecule has 8 heteroatoms. The molecular formula is C22H28N6O2. The number of aryl methyl sites for hydroxylation is 1. The third kappa shape index (κ3) is 3.67. The number of carbonyl (C=O) groups excluding carboxylic acids is 1. The summed E-state index contributed by atoms with van der Waals surface area (Å²) >= 11 is 0. The maximum absolute atomic E-state index is 11.8. The van der Waals surface area contributed by atoms with E-state index in [1.807, 2.05) is 36.0 Å². The van der Waals surface area contributed by atoms with Crippen LogP contribution in [0.1, 0.15) is 47.4 Å². The van der Waals surface area contributed by atoms with Gasteiger partial charge in [0.15, 0.2) is 11.3 Å². The van der Waals surface area contributed by atoms with Gasteiger partial charge in [0.1, 0.15) is 5.52 Å². The number of nitrogens with two attached hydrogens (primary N) is 1. The van der Waals surface area contributed by atoms with E-state index in [4.69, 9.17) is 10.2 Å². The van der Waals surface area contributed by atoms with Gasteiger partial charge in [-0.25, -0.2) is 0 Å². The SMILES string of the molecule is Cn1nc(C(N)=O)c2c1CCN(C[C@@H]1CCC[C@@H](Nc3nc4ccccc4o3)C1)C2. The minimum Gasteiger partial charge on any atom is -0.424 e. The minimum atomic E-state index is -0.436. The van der Waals surface area contributed by atoms with Crippen LogP contribution in [0.15, 0.2) is 28.7 Å². The molecular weight excluding hydrogens is 380 g/mol. The van der Waals surface area contributed by atoms with Gasteiger partial charge in [0, 0.05) is 50.4 Å². The average molecular weight is 409 g/mol. The molecule has 1 fully saturated rings. The largest absolute Gasteiger partial charge is 0.424 e. The van der Waals surface area contributed by atoms with Crippen molar-refractivity contribution in [2.45, 2.75) is 44.7 Å². The average Bonchev–Trinajstić information content (AvgIpc) is 3.28. The van der Waals surface area contributed by atoms with Crippen LogP contribution in [0.3, 0.4) is 0 Å². The van der Waals surface area contributed by atoms with E-state index in [1.165, 1.54) is 12.8 Å². The Balaban J connectivity index is 1.22. The van der Waals surface area contributed by atoms with Crippen LogP contribution in [0.25, 0.3) is 11.1 Å². The number of nitrogens with one attached hydrogen (secondary N) is 1. The Morgan fingerprint density at radius 1 is 1.33 bits per heavy atom. The molecule has 0 radical (unpaired) electrons. The highest BCUT2D eigenvalue weighted by Crippen LogP contribution is 2.30. The van der Waals surface area contributed by atoms with Crippen LogP contribution >= 0.6 is 0 Å². The Labute approximate surface area is 175 Å². The molecule has 3 aromatic rings. The van der Waals surface area contributed by atoms with Crippen LogP contribution in [0, 0.1) is 5.92 Å². The number of hydrogen-bond acceptors (Lipinski definition) is 6. The van der Waals surface area contributed by atoms with Crippen molar-refractivity contribution in [3.8, 4) is 0 Å². The molecule has 0 saturated heterocycles. The molecule has 0 bridgehead atoms. The van der Waals surface area contributed by atoms with E-state index in [2.05, 4.69) is 20.3 Å². The lowest BCUT2D eigenvalue weighted by Crippen LogP contribution is -2.38. The molecule has 1 aliphatic carbocycles. The van der Waals surface area contributed by atoms with Crippen molar-refractivity contribution >= 4 is 23.0 Å². The zero-order valence-electron chi connectivity index (χ0n) is 17.3. The van der Waals surface area contributed by atoms with Gasteiger partial charge in [-0.05, 0) is 37.3 Å². The number of primary amides is 1. The van der Waals surface area contributed by atoms with E-state index >= 15 is 0 Å². The van der Waals surface area contributed by atoms with Crippen molar-refractivity contribution in [3.63, 3.8) is 0 Å². The maximum Gasteiger partial charge on any atom is 0.295 e. The summed E-state index contributed by atoms with van der Waals surface area (Å²) in [4.78, 5) is 18.8. The van der Waals surface area contributed by atoms with Crippen molar-refractivity contribution in [1.29, 1.82) is 0 Å². The number of carbonyl (C=O) groups is 1. The Hall–Kier alpha value is -2.87. The predicted molar refractivity (Wildman–Crippen MR) is 114 cm³/mol. The van der Waals surface area contributed by atoms with Crippen LogP contribution in [-0.4, -0.2) is 44.7 Å². The highest BCUT2D eigenvalue weighted by molar-refractivity contribution is 5.92. The predicted octanol–water partition coefficient (Wildman–Crippen LogP) is 2.69. The van der Waals surface area contributed by atoms with Gasteiger partial charge in [0.2, 0.25) is 0 Å². The molecule has 158 valence electrons. The molecule has 5 rings (SSSR count). The minimum absolute atomic E-state index is 0.372. The van der Waals surface area contributed by atoms with Crippen molar-refractivity contribution in [3.05, 3.63) is 41.2 Å². The smallest absolute Gasteiger partial charge is 0.295 e. The quantitative estimate of drug-likeness (QED) is 0.673. The fourth-order valence-corrected chi connectivity index (χ4v) is 5.06. The summed E-state index contributed by atoms with van der Waals surface area (Å²) in [5, 5.41) is 7.85. The van der Waals surface area contributed by atoms with E-state index in [0.29, 0.717) is 23.7 Å². The number of rotatable bonds is 5. The van der Waals surface area contributed by atoms with E-state index in [9.17, 15) is 4.79 Å². The van der Waals surface area contributed by atoms with Crippen molar-refractivity contribution in [1.82, 2.24) is 19.7 Å². The van der Waals surface area contributed by atoms with E-state index in [-0.39, 0.29) is 0 Å². The van der Waals surface area contributed by atoms with Crippen LogP contribution in [0.4, 0.5) is 6.01 Å². The standard InChI is InChI=1S/C22H28N6O2/c1-27-18-9-10-28(13-16(18)20(26-27)21(23)29)12-14-5-4-6-15(11-14)24-22-25-17-7-2-3-8-19(17)30-22/h2-3,7-8,14-15H,4-6,9-13H2,1H3,(H2,23,29)(H,24,25)/t14-,15-/m1/s1. The molecule has 2 aliphatic rings. The molecule has 2 atom stereocenters. The van der Waals surface area contributed by atoms with Crippen molar-refractivity contribution in [2.75, 3.05) is 18.4 Å². The van der Waals surface area contributed by atoms with Crippen LogP contribution in [-0.2, 0) is 20.0 Å². The number of benzene rings is 1. The molecule has 8 nitrogen and oxygen atoms in total. The first kappa shape index (κ1) is 19.1. The molecule has 2 aromatic heterocycles. The molecule has 0 spiro atoms. The number of anilines is 1. The van der Waals surface area contributed by atoms with Gasteiger partial charge in [-0.3, -0.25) is 14.4 Å². The fraction of sp³-hybridized carbons (Fsp3) is 0.500. The van der Waals surface area contributed by atoms with Gasteiger partial charge >= 0.3 is 0 Å². The van der Waals surface area contributed by atoms with Crippen molar-refractivity contribution in [2.24, 2.45) is 18.7 Å². The molecule has 30 heavy (non-hydrogen) atoms. The van der Waals surface area contributed by atoms with Gasteiger partial charge in [0.05, 0.1) is 0 Å². The summed E-state index contributed by atoms with van der Waals surface area (Å²) in [7, 11) is 1.89. The first-order valence-corrected chi connectivity index (χ1v) is 10.8.